The minimum absolute atomic E-state index is 0.00699. The van der Waals surface area contributed by atoms with Crippen LogP contribution < -0.4 is 0 Å². The number of methoxy groups -OCH3 is 1. The molecule has 4 fully saturated rings. The molecular formula is C36H56O4. The van der Waals surface area contributed by atoms with E-state index in [4.69, 9.17) is 9.47 Å². The molecule has 0 aromatic heterocycles. The third-order valence-corrected chi connectivity index (χ3v) is 14.9. The zero-order chi connectivity index (χ0) is 29.8. The van der Waals surface area contributed by atoms with Crippen molar-refractivity contribution in [1.29, 1.82) is 0 Å². The first-order chi connectivity index (χ1) is 18.4. The molecule has 0 heterocycles. The van der Waals surface area contributed by atoms with Gasteiger partial charge in [0.25, 0.3) is 0 Å². The van der Waals surface area contributed by atoms with Crippen molar-refractivity contribution in [2.45, 2.75) is 133 Å². The van der Waals surface area contributed by atoms with Gasteiger partial charge in [-0.05, 0) is 91.8 Å². The standard InChI is InChI=1S/C36H56O4/c1-12-36-22-19-32(8)25(33(36,9)16-15-27(30(36,5)6)40-24(2)37)13-14-26-31(32,7)18-21-35(28(38)39-11)20-17-29(3,4)23-34(26,35)10/h12,14,25,27H,1,13,15-23H2,2-11H3/t25?,27-,31+,32+,33+,34-,35+,36-/m0/s1. The van der Waals surface area contributed by atoms with E-state index in [0.717, 1.165) is 64.2 Å². The van der Waals surface area contributed by atoms with E-state index in [-0.39, 0.29) is 55.9 Å². The van der Waals surface area contributed by atoms with Gasteiger partial charge in [0.1, 0.15) is 6.10 Å². The number of rotatable bonds is 3. The normalized spacial score (nSPS) is 48.7. The number of carbonyl (C=O) groups is 2. The predicted molar refractivity (Wildman–Crippen MR) is 160 cm³/mol. The van der Waals surface area contributed by atoms with Gasteiger partial charge < -0.3 is 9.47 Å². The first-order valence-electron chi connectivity index (χ1n) is 16.0. The molecule has 5 rings (SSSR count). The number of allylic oxidation sites excluding steroid dienone is 3. The molecule has 0 aliphatic heterocycles. The van der Waals surface area contributed by atoms with Gasteiger partial charge >= 0.3 is 11.9 Å². The fourth-order valence-corrected chi connectivity index (χ4v) is 12.6. The van der Waals surface area contributed by atoms with E-state index in [9.17, 15) is 9.59 Å². The van der Waals surface area contributed by atoms with Gasteiger partial charge in [-0.15, -0.1) is 6.58 Å². The highest BCUT2D eigenvalue weighted by atomic mass is 16.5. The Morgan fingerprint density at radius 3 is 2.12 bits per heavy atom. The summed E-state index contributed by atoms with van der Waals surface area (Å²) in [6.45, 7) is 25.6. The van der Waals surface area contributed by atoms with E-state index in [2.05, 4.69) is 74.1 Å². The van der Waals surface area contributed by atoms with E-state index >= 15 is 0 Å². The molecule has 0 aromatic rings. The number of hydrogen-bond acceptors (Lipinski definition) is 4. The van der Waals surface area contributed by atoms with E-state index < -0.39 is 5.41 Å². The van der Waals surface area contributed by atoms with Crippen molar-refractivity contribution in [3.63, 3.8) is 0 Å². The second-order valence-corrected chi connectivity index (χ2v) is 16.9. The molecular weight excluding hydrogens is 496 g/mol. The third-order valence-electron chi connectivity index (χ3n) is 14.9. The highest BCUT2D eigenvalue weighted by Gasteiger charge is 2.75. The van der Waals surface area contributed by atoms with Crippen molar-refractivity contribution < 1.29 is 19.1 Å². The highest BCUT2D eigenvalue weighted by Crippen LogP contribution is 2.80. The second kappa shape index (κ2) is 8.73. The van der Waals surface area contributed by atoms with Gasteiger partial charge in [0.15, 0.2) is 0 Å². The van der Waals surface area contributed by atoms with Gasteiger partial charge in [0.2, 0.25) is 0 Å². The molecule has 4 saturated carbocycles. The summed E-state index contributed by atoms with van der Waals surface area (Å²) in [6, 6.07) is 0. The molecule has 0 N–H and O–H groups in total. The van der Waals surface area contributed by atoms with Crippen LogP contribution >= 0.6 is 0 Å². The third kappa shape index (κ3) is 3.31. The van der Waals surface area contributed by atoms with Gasteiger partial charge in [-0.3, -0.25) is 9.59 Å². The van der Waals surface area contributed by atoms with Crippen molar-refractivity contribution >= 4 is 11.9 Å². The molecule has 0 aromatic carbocycles. The summed E-state index contributed by atoms with van der Waals surface area (Å²) in [6.07, 6.45) is 14.9. The summed E-state index contributed by atoms with van der Waals surface area (Å²) in [4.78, 5) is 25.8. The molecule has 5 aliphatic carbocycles. The molecule has 0 radical (unpaired) electrons. The quantitative estimate of drug-likeness (QED) is 0.259. The van der Waals surface area contributed by atoms with Crippen LogP contribution in [0, 0.1) is 49.2 Å². The number of carbonyl (C=O) groups excluding carboxylic acids is 2. The Labute approximate surface area is 244 Å². The van der Waals surface area contributed by atoms with Gasteiger partial charge in [-0.2, -0.15) is 0 Å². The van der Waals surface area contributed by atoms with Crippen LogP contribution in [0.25, 0.3) is 0 Å². The summed E-state index contributed by atoms with van der Waals surface area (Å²) in [5.41, 5.74) is 0.943. The molecule has 0 amide bonds. The summed E-state index contributed by atoms with van der Waals surface area (Å²) >= 11 is 0. The van der Waals surface area contributed by atoms with Crippen LogP contribution in [0.3, 0.4) is 0 Å². The maximum Gasteiger partial charge on any atom is 0.312 e. The van der Waals surface area contributed by atoms with Crippen LogP contribution in [-0.2, 0) is 19.1 Å². The Morgan fingerprint density at radius 2 is 1.52 bits per heavy atom. The summed E-state index contributed by atoms with van der Waals surface area (Å²) in [7, 11) is 1.59. The van der Waals surface area contributed by atoms with Crippen LogP contribution in [0.1, 0.15) is 127 Å². The van der Waals surface area contributed by atoms with Crippen LogP contribution in [0.5, 0.6) is 0 Å². The van der Waals surface area contributed by atoms with Gasteiger partial charge in [-0.1, -0.05) is 73.1 Å². The molecule has 5 aliphatic rings. The minimum atomic E-state index is -0.431. The zero-order valence-corrected chi connectivity index (χ0v) is 27.2. The fraction of sp³-hybridized carbons (Fsp3) is 0.833. The Balaban J connectivity index is 1.65. The average Bonchev–Trinajstić information content (AvgIpc) is 2.85. The number of fused-ring (bicyclic) bond motifs is 7. The lowest BCUT2D eigenvalue weighted by atomic mass is 9.28. The van der Waals surface area contributed by atoms with Crippen molar-refractivity contribution in [3.8, 4) is 0 Å². The second-order valence-electron chi connectivity index (χ2n) is 16.9. The largest absolute Gasteiger partial charge is 0.469 e. The highest BCUT2D eigenvalue weighted by molar-refractivity contribution is 5.79. The lowest BCUT2D eigenvalue weighted by Gasteiger charge is -2.75. The number of esters is 2. The number of hydrogen-bond donors (Lipinski definition) is 0. The summed E-state index contributed by atoms with van der Waals surface area (Å²) in [5.74, 6) is 0.315. The van der Waals surface area contributed by atoms with E-state index in [0.29, 0.717) is 5.92 Å². The molecule has 4 heteroatoms. The average molecular weight is 553 g/mol. The molecule has 224 valence electrons. The Morgan fingerprint density at radius 1 is 0.875 bits per heavy atom. The molecule has 1 unspecified atom stereocenters. The molecule has 8 atom stereocenters. The van der Waals surface area contributed by atoms with Crippen LogP contribution in [0.4, 0.5) is 0 Å². The summed E-state index contributed by atoms with van der Waals surface area (Å²) < 4.78 is 11.6. The lowest BCUT2D eigenvalue weighted by molar-refractivity contribution is -0.245. The maximum absolute atomic E-state index is 13.7. The minimum Gasteiger partial charge on any atom is -0.469 e. The maximum atomic E-state index is 13.7. The van der Waals surface area contributed by atoms with E-state index in [1.807, 2.05) is 0 Å². The first kappa shape index (κ1) is 29.9. The lowest BCUT2D eigenvalue weighted by Crippen LogP contribution is -2.70. The van der Waals surface area contributed by atoms with Gasteiger partial charge in [-0.25, -0.2) is 0 Å². The van der Waals surface area contributed by atoms with Crippen molar-refractivity contribution in [1.82, 2.24) is 0 Å². The fourth-order valence-electron chi connectivity index (χ4n) is 12.6. The van der Waals surface area contributed by atoms with Crippen molar-refractivity contribution in [2.24, 2.45) is 49.2 Å². The molecule has 0 spiro atoms. The molecule has 40 heavy (non-hydrogen) atoms. The zero-order valence-electron chi connectivity index (χ0n) is 27.2. The van der Waals surface area contributed by atoms with Crippen molar-refractivity contribution in [2.75, 3.05) is 7.11 Å². The first-order valence-corrected chi connectivity index (χ1v) is 16.0. The Kier molecular flexibility index (Phi) is 6.52. The monoisotopic (exact) mass is 552 g/mol. The van der Waals surface area contributed by atoms with E-state index in [1.165, 1.54) is 0 Å². The van der Waals surface area contributed by atoms with Gasteiger partial charge in [0, 0.05) is 23.2 Å². The molecule has 0 bridgehead atoms. The Bertz CT molecular complexity index is 1150. The van der Waals surface area contributed by atoms with Gasteiger partial charge in [0.05, 0.1) is 12.5 Å². The Hall–Kier alpha value is -1.58. The predicted octanol–water partition coefficient (Wildman–Crippen LogP) is 8.84. The van der Waals surface area contributed by atoms with Crippen LogP contribution in [-0.4, -0.2) is 25.2 Å². The van der Waals surface area contributed by atoms with Crippen LogP contribution in [0.2, 0.25) is 0 Å². The molecule has 4 nitrogen and oxygen atoms in total. The number of ether oxygens (including phenoxy) is 2. The topological polar surface area (TPSA) is 52.6 Å². The van der Waals surface area contributed by atoms with E-state index in [1.54, 1.807) is 19.6 Å². The SMILES string of the molecule is C=C[C@@]12CC[C@]3(C)C(CC=C4[C@]5(C)CC(C)(C)CC[C@]5(C(=O)OC)CC[C@]43C)[C@@]1(C)CC[C@H](OC(C)=O)C2(C)C. The smallest absolute Gasteiger partial charge is 0.312 e. The summed E-state index contributed by atoms with van der Waals surface area (Å²) in [5, 5.41) is 0. The van der Waals surface area contributed by atoms with Crippen LogP contribution in [0.15, 0.2) is 24.3 Å². The molecule has 0 saturated heterocycles. The van der Waals surface area contributed by atoms with Crippen molar-refractivity contribution in [3.05, 3.63) is 24.3 Å².